The number of nitrogens with zero attached hydrogens (tertiary/aromatic N) is 5. The minimum absolute atomic E-state index is 0.0993. The number of carbonyl (C=O) groups excluding carboxylic acids is 2. The van der Waals surface area contributed by atoms with Crippen molar-refractivity contribution in [3.63, 3.8) is 0 Å². The van der Waals surface area contributed by atoms with Gasteiger partial charge in [-0.05, 0) is 43.0 Å². The summed E-state index contributed by atoms with van der Waals surface area (Å²) in [7, 11) is 0. The second kappa shape index (κ2) is 11.7. The van der Waals surface area contributed by atoms with E-state index in [1.54, 1.807) is 28.9 Å². The second-order valence-corrected chi connectivity index (χ2v) is 9.88. The summed E-state index contributed by atoms with van der Waals surface area (Å²) in [5.41, 5.74) is 6.45. The molecule has 14 heteroatoms. The number of anilines is 2. The highest BCUT2D eigenvalue weighted by Gasteiger charge is 2.31. The van der Waals surface area contributed by atoms with E-state index in [9.17, 15) is 22.8 Å². The van der Waals surface area contributed by atoms with Crippen molar-refractivity contribution in [3.05, 3.63) is 76.8 Å². The summed E-state index contributed by atoms with van der Waals surface area (Å²) in [6.07, 6.45) is 1.15. The molecule has 1 atom stereocenters. The summed E-state index contributed by atoms with van der Waals surface area (Å²) in [5.74, 6) is -1.77. The maximum atomic E-state index is 13.5. The molecular formula is C27H25ClF3N7O3. The summed E-state index contributed by atoms with van der Waals surface area (Å²) < 4.78 is 46.5. The standard InChI is InChI=1S/C27H25ClF3N7O3/c28-20-6-2-1-5-16(20)14-37(15-18-9-8-17(11-33-18)27(29,30)31)26(40)25(39)36-21-13-34-24(32)19-12-35-38(23(19)21)22-7-3-4-10-41-22/h1-2,5-6,8-9,11-13,22H,3-4,7,10,14-15H2,(H2,32,34)(H,36,39). The molecule has 1 aromatic carbocycles. The van der Waals surface area contributed by atoms with E-state index in [0.717, 1.165) is 29.9 Å². The van der Waals surface area contributed by atoms with Gasteiger partial charge in [0.05, 0.1) is 41.3 Å². The van der Waals surface area contributed by atoms with Crippen LogP contribution in [0, 0.1) is 0 Å². The normalized spacial score (nSPS) is 15.6. The van der Waals surface area contributed by atoms with Crippen LogP contribution in [0.1, 0.15) is 42.3 Å². The predicted octanol–water partition coefficient (Wildman–Crippen LogP) is 4.95. The average molecular weight is 588 g/mol. The largest absolute Gasteiger partial charge is 0.417 e. The van der Waals surface area contributed by atoms with Gasteiger partial charge in [0, 0.05) is 24.4 Å². The summed E-state index contributed by atoms with van der Waals surface area (Å²) in [5, 5.41) is 7.83. The second-order valence-electron chi connectivity index (χ2n) is 9.47. The highest BCUT2D eigenvalue weighted by atomic mass is 35.5. The van der Waals surface area contributed by atoms with Crippen molar-refractivity contribution in [3.8, 4) is 0 Å². The van der Waals surface area contributed by atoms with Gasteiger partial charge in [0.1, 0.15) is 11.3 Å². The van der Waals surface area contributed by atoms with Crippen LogP contribution in [-0.4, -0.2) is 43.1 Å². The summed E-state index contributed by atoms with van der Waals surface area (Å²) >= 11 is 6.29. The van der Waals surface area contributed by atoms with E-state index in [0.29, 0.717) is 40.7 Å². The van der Waals surface area contributed by atoms with Gasteiger partial charge in [-0.15, -0.1) is 0 Å². The molecule has 1 unspecified atom stereocenters. The number of nitrogens with one attached hydrogen (secondary N) is 1. The Morgan fingerprint density at radius 1 is 1.10 bits per heavy atom. The molecule has 0 saturated carbocycles. The number of fused-ring (bicyclic) bond motifs is 1. The first kappa shape index (κ1) is 28.3. The highest BCUT2D eigenvalue weighted by Crippen LogP contribution is 2.32. The van der Waals surface area contributed by atoms with Crippen LogP contribution in [0.5, 0.6) is 0 Å². The van der Waals surface area contributed by atoms with Gasteiger partial charge in [0.15, 0.2) is 6.23 Å². The molecule has 0 spiro atoms. The van der Waals surface area contributed by atoms with E-state index in [1.807, 2.05) is 0 Å². The topological polar surface area (TPSA) is 128 Å². The molecule has 4 heterocycles. The number of aromatic nitrogens is 4. The number of carbonyl (C=O) groups is 2. The Morgan fingerprint density at radius 3 is 2.59 bits per heavy atom. The molecule has 5 rings (SSSR count). The fourth-order valence-electron chi connectivity index (χ4n) is 4.54. The number of nitrogens with two attached hydrogens (primary N) is 1. The molecule has 1 aliphatic heterocycles. The quantitative estimate of drug-likeness (QED) is 0.306. The van der Waals surface area contributed by atoms with Crippen molar-refractivity contribution in [2.45, 2.75) is 44.8 Å². The lowest BCUT2D eigenvalue weighted by Gasteiger charge is -2.24. The van der Waals surface area contributed by atoms with Crippen LogP contribution < -0.4 is 11.1 Å². The number of ether oxygens (including phenoxy) is 1. The number of benzene rings is 1. The van der Waals surface area contributed by atoms with Crippen LogP contribution in [0.15, 0.2) is 55.0 Å². The lowest BCUT2D eigenvalue weighted by atomic mass is 10.2. The lowest BCUT2D eigenvalue weighted by molar-refractivity contribution is -0.144. The van der Waals surface area contributed by atoms with Gasteiger partial charge in [0.2, 0.25) is 0 Å². The predicted molar refractivity (Wildman–Crippen MR) is 144 cm³/mol. The van der Waals surface area contributed by atoms with Crippen molar-refractivity contribution < 1.29 is 27.5 Å². The first-order chi connectivity index (χ1) is 19.6. The van der Waals surface area contributed by atoms with E-state index in [4.69, 9.17) is 22.1 Å². The number of alkyl halides is 3. The van der Waals surface area contributed by atoms with Gasteiger partial charge in [-0.1, -0.05) is 29.8 Å². The van der Waals surface area contributed by atoms with Crippen molar-refractivity contribution in [2.75, 3.05) is 17.7 Å². The minimum Gasteiger partial charge on any atom is -0.383 e. The van der Waals surface area contributed by atoms with Crippen LogP contribution in [0.2, 0.25) is 5.02 Å². The fourth-order valence-corrected chi connectivity index (χ4v) is 4.74. The van der Waals surface area contributed by atoms with Crippen LogP contribution in [0.4, 0.5) is 24.7 Å². The molecule has 214 valence electrons. The first-order valence-electron chi connectivity index (χ1n) is 12.7. The molecule has 41 heavy (non-hydrogen) atoms. The maximum absolute atomic E-state index is 13.5. The third-order valence-electron chi connectivity index (χ3n) is 6.64. The zero-order valence-electron chi connectivity index (χ0n) is 21.6. The molecule has 2 amide bonds. The van der Waals surface area contributed by atoms with Crippen LogP contribution in [0.3, 0.4) is 0 Å². The van der Waals surface area contributed by atoms with Gasteiger partial charge < -0.3 is 20.7 Å². The molecule has 3 N–H and O–H groups in total. The van der Waals surface area contributed by atoms with Gasteiger partial charge >= 0.3 is 18.0 Å². The zero-order valence-corrected chi connectivity index (χ0v) is 22.3. The number of hydrogen-bond acceptors (Lipinski definition) is 7. The third-order valence-corrected chi connectivity index (χ3v) is 7.01. The van der Waals surface area contributed by atoms with Gasteiger partial charge in [-0.3, -0.25) is 14.6 Å². The summed E-state index contributed by atoms with van der Waals surface area (Å²) in [4.78, 5) is 35.9. The highest BCUT2D eigenvalue weighted by molar-refractivity contribution is 6.40. The number of amides is 2. The van der Waals surface area contributed by atoms with Crippen molar-refractivity contribution in [1.29, 1.82) is 0 Å². The monoisotopic (exact) mass is 587 g/mol. The zero-order chi connectivity index (χ0) is 29.1. The molecule has 0 bridgehead atoms. The Morgan fingerprint density at radius 2 is 1.90 bits per heavy atom. The first-order valence-corrected chi connectivity index (χ1v) is 13.1. The van der Waals surface area contributed by atoms with Crippen LogP contribution in [0.25, 0.3) is 10.9 Å². The minimum atomic E-state index is -4.56. The smallest absolute Gasteiger partial charge is 0.383 e. The van der Waals surface area contributed by atoms with E-state index in [1.165, 1.54) is 12.4 Å². The molecule has 0 radical (unpaired) electrons. The molecular weight excluding hydrogens is 563 g/mol. The van der Waals surface area contributed by atoms with Crippen molar-refractivity contribution in [1.82, 2.24) is 24.6 Å². The number of hydrogen-bond donors (Lipinski definition) is 2. The maximum Gasteiger partial charge on any atom is 0.417 e. The Kier molecular flexibility index (Phi) is 8.08. The molecule has 4 aromatic rings. The van der Waals surface area contributed by atoms with E-state index >= 15 is 0 Å². The van der Waals surface area contributed by atoms with Gasteiger partial charge in [-0.25, -0.2) is 9.67 Å². The van der Waals surface area contributed by atoms with Crippen molar-refractivity contribution >= 4 is 45.8 Å². The fraction of sp³-hybridized carbons (Fsp3) is 0.296. The third kappa shape index (κ3) is 6.25. The average Bonchev–Trinajstić information content (AvgIpc) is 3.42. The Hall–Kier alpha value is -4.23. The number of halogens is 4. The van der Waals surface area contributed by atoms with Gasteiger partial charge in [0.25, 0.3) is 0 Å². The Bertz CT molecular complexity index is 1570. The van der Waals surface area contributed by atoms with Gasteiger partial charge in [-0.2, -0.15) is 18.3 Å². The molecule has 0 aliphatic carbocycles. The Labute approximate surface area is 237 Å². The SMILES string of the molecule is Nc1ncc(NC(=O)C(=O)N(Cc2ccc(C(F)(F)F)cn2)Cc2ccccc2Cl)c2c1cnn2C1CCCCO1. The number of nitrogen functional groups attached to an aromatic ring is 1. The molecule has 1 saturated heterocycles. The molecule has 1 fully saturated rings. The number of pyridine rings is 2. The summed E-state index contributed by atoms with van der Waals surface area (Å²) in [6.45, 7) is 0.207. The molecule has 1 aliphatic rings. The Balaban J connectivity index is 1.43. The van der Waals surface area contributed by atoms with E-state index in [2.05, 4.69) is 20.4 Å². The van der Waals surface area contributed by atoms with Crippen LogP contribution >= 0.6 is 11.6 Å². The number of rotatable bonds is 6. The lowest BCUT2D eigenvalue weighted by Crippen LogP contribution is -2.39. The summed E-state index contributed by atoms with van der Waals surface area (Å²) in [6, 6.07) is 8.75. The molecule has 3 aromatic heterocycles. The van der Waals surface area contributed by atoms with Crippen molar-refractivity contribution in [2.24, 2.45) is 0 Å². The van der Waals surface area contributed by atoms with E-state index in [-0.39, 0.29) is 36.5 Å². The molecule has 10 nitrogen and oxygen atoms in total. The van der Waals surface area contributed by atoms with Crippen LogP contribution in [-0.2, 0) is 33.6 Å². The van der Waals surface area contributed by atoms with E-state index < -0.39 is 23.6 Å².